The smallest absolute Gasteiger partial charge is 0.334 e. The number of aromatic hydroxyl groups is 1. The van der Waals surface area contributed by atoms with Crippen molar-refractivity contribution < 1.29 is 14.3 Å². The van der Waals surface area contributed by atoms with Gasteiger partial charge in [0.25, 0.3) is 11.5 Å². The standard InChI is InChI=1S/C20H24FN3O4/c1-2-22-17(25)16-18(26)23(12-13-8-6-7-11-15(13)21)20(28)24(19(16)27)14-9-4-3-5-10-14/h6-8,11,14,27H,2-5,9-10,12H2,1H3,(H,22,25). The Balaban J connectivity index is 2.21. The molecule has 3 rings (SSSR count). The summed E-state index contributed by atoms with van der Waals surface area (Å²) in [5.41, 5.74) is -1.98. The molecule has 0 unspecified atom stereocenters. The monoisotopic (exact) mass is 389 g/mol. The molecule has 2 N–H and O–H groups in total. The van der Waals surface area contributed by atoms with Crippen LogP contribution < -0.4 is 16.6 Å². The highest BCUT2D eigenvalue weighted by atomic mass is 19.1. The minimum atomic E-state index is -0.927. The van der Waals surface area contributed by atoms with E-state index in [1.165, 1.54) is 18.2 Å². The Kier molecular flexibility index (Phi) is 5.96. The molecule has 0 bridgehead atoms. The van der Waals surface area contributed by atoms with Gasteiger partial charge in [0.15, 0.2) is 5.56 Å². The van der Waals surface area contributed by atoms with Gasteiger partial charge in [0.1, 0.15) is 5.82 Å². The summed E-state index contributed by atoms with van der Waals surface area (Å²) in [6.45, 7) is 1.63. The first-order chi connectivity index (χ1) is 13.5. The van der Waals surface area contributed by atoms with Gasteiger partial charge >= 0.3 is 5.69 Å². The van der Waals surface area contributed by atoms with Gasteiger partial charge in [-0.2, -0.15) is 0 Å². The predicted octanol–water partition coefficient (Wildman–Crippen LogP) is 2.16. The molecule has 8 heteroatoms. The Labute approximate surface area is 161 Å². The molecule has 0 saturated heterocycles. The summed E-state index contributed by atoms with van der Waals surface area (Å²) < 4.78 is 16.1. The van der Waals surface area contributed by atoms with E-state index in [0.29, 0.717) is 12.8 Å². The van der Waals surface area contributed by atoms with Gasteiger partial charge in [-0.05, 0) is 25.8 Å². The Hall–Kier alpha value is -2.90. The predicted molar refractivity (Wildman–Crippen MR) is 102 cm³/mol. The van der Waals surface area contributed by atoms with E-state index in [1.807, 2.05) is 0 Å². The third-order valence-corrected chi connectivity index (χ3v) is 5.14. The van der Waals surface area contributed by atoms with E-state index in [-0.39, 0.29) is 24.7 Å². The van der Waals surface area contributed by atoms with Crippen LogP contribution in [0.4, 0.5) is 4.39 Å². The Morgan fingerprint density at radius 3 is 2.54 bits per heavy atom. The van der Waals surface area contributed by atoms with Crippen molar-refractivity contribution in [3.05, 3.63) is 62.0 Å². The average molecular weight is 389 g/mol. The number of benzene rings is 1. The summed E-state index contributed by atoms with van der Waals surface area (Å²) in [6, 6.07) is 5.53. The summed E-state index contributed by atoms with van der Waals surface area (Å²) in [4.78, 5) is 38.4. The molecule has 1 amide bonds. The molecule has 0 spiro atoms. The number of carbonyl (C=O) groups is 1. The van der Waals surface area contributed by atoms with Crippen molar-refractivity contribution in [2.75, 3.05) is 6.54 Å². The summed E-state index contributed by atoms with van der Waals surface area (Å²) in [5.74, 6) is -1.92. The van der Waals surface area contributed by atoms with E-state index < -0.39 is 34.4 Å². The fraction of sp³-hybridized carbons (Fsp3) is 0.450. The number of hydrogen-bond donors (Lipinski definition) is 2. The molecular formula is C20H24FN3O4. The first-order valence-electron chi connectivity index (χ1n) is 9.55. The van der Waals surface area contributed by atoms with Crippen LogP contribution in [0.1, 0.15) is 61.0 Å². The van der Waals surface area contributed by atoms with Crippen molar-refractivity contribution in [3.63, 3.8) is 0 Å². The van der Waals surface area contributed by atoms with Crippen molar-refractivity contribution in [1.82, 2.24) is 14.5 Å². The maximum Gasteiger partial charge on any atom is 0.334 e. The van der Waals surface area contributed by atoms with Crippen molar-refractivity contribution in [2.45, 2.75) is 51.6 Å². The second-order valence-corrected chi connectivity index (χ2v) is 6.99. The fourth-order valence-electron chi connectivity index (χ4n) is 3.71. The van der Waals surface area contributed by atoms with Gasteiger partial charge in [0, 0.05) is 18.2 Å². The SMILES string of the molecule is CCNC(=O)c1c(O)n(C2CCCCC2)c(=O)n(Cc2ccccc2F)c1=O. The maximum atomic E-state index is 14.1. The quantitative estimate of drug-likeness (QED) is 0.820. The van der Waals surface area contributed by atoms with Crippen molar-refractivity contribution in [2.24, 2.45) is 0 Å². The molecule has 0 aliphatic heterocycles. The zero-order valence-corrected chi connectivity index (χ0v) is 15.8. The van der Waals surface area contributed by atoms with Gasteiger partial charge in [-0.25, -0.2) is 9.18 Å². The highest BCUT2D eigenvalue weighted by molar-refractivity contribution is 5.95. The average Bonchev–Trinajstić information content (AvgIpc) is 2.67. The number of halogens is 1. The Morgan fingerprint density at radius 2 is 1.89 bits per heavy atom. The van der Waals surface area contributed by atoms with E-state index in [0.717, 1.165) is 28.4 Å². The number of amides is 1. The third kappa shape index (κ3) is 3.72. The first-order valence-corrected chi connectivity index (χ1v) is 9.55. The fourth-order valence-corrected chi connectivity index (χ4v) is 3.71. The van der Waals surface area contributed by atoms with Crippen LogP contribution in [-0.2, 0) is 6.54 Å². The molecular weight excluding hydrogens is 365 g/mol. The van der Waals surface area contributed by atoms with E-state index in [9.17, 15) is 23.9 Å². The minimum absolute atomic E-state index is 0.157. The van der Waals surface area contributed by atoms with Crippen LogP contribution in [0.3, 0.4) is 0 Å². The summed E-state index contributed by atoms with van der Waals surface area (Å²) >= 11 is 0. The minimum Gasteiger partial charge on any atom is -0.494 e. The van der Waals surface area contributed by atoms with E-state index in [4.69, 9.17) is 0 Å². The molecule has 28 heavy (non-hydrogen) atoms. The molecule has 1 aromatic carbocycles. The molecule has 1 aromatic heterocycles. The molecule has 7 nitrogen and oxygen atoms in total. The molecule has 150 valence electrons. The van der Waals surface area contributed by atoms with Crippen LogP contribution in [0.15, 0.2) is 33.9 Å². The van der Waals surface area contributed by atoms with Crippen LogP contribution in [-0.4, -0.2) is 26.7 Å². The number of nitrogens with one attached hydrogen (secondary N) is 1. The van der Waals surface area contributed by atoms with Crippen LogP contribution in [0, 0.1) is 5.82 Å². The molecule has 2 aromatic rings. The van der Waals surface area contributed by atoms with Gasteiger partial charge in [-0.3, -0.25) is 18.7 Å². The maximum absolute atomic E-state index is 14.1. The second kappa shape index (κ2) is 8.41. The number of nitrogens with zero attached hydrogens (tertiary/aromatic N) is 2. The molecule has 1 aliphatic rings. The van der Waals surface area contributed by atoms with E-state index >= 15 is 0 Å². The number of aromatic nitrogens is 2. The van der Waals surface area contributed by atoms with Gasteiger partial charge in [-0.15, -0.1) is 0 Å². The first kappa shape index (κ1) is 19.9. The lowest BCUT2D eigenvalue weighted by molar-refractivity contribution is 0.0947. The van der Waals surface area contributed by atoms with Gasteiger partial charge in [-0.1, -0.05) is 37.5 Å². The van der Waals surface area contributed by atoms with Crippen LogP contribution in [0.25, 0.3) is 0 Å². The highest BCUT2D eigenvalue weighted by Gasteiger charge is 2.28. The second-order valence-electron chi connectivity index (χ2n) is 6.99. The van der Waals surface area contributed by atoms with Gasteiger partial charge < -0.3 is 10.4 Å². The lowest BCUT2D eigenvalue weighted by atomic mass is 9.95. The Bertz CT molecular complexity index is 990. The molecule has 1 fully saturated rings. The molecule has 1 saturated carbocycles. The number of carbonyl (C=O) groups excluding carboxylic acids is 1. The summed E-state index contributed by atoms with van der Waals surface area (Å²) in [7, 11) is 0. The van der Waals surface area contributed by atoms with Crippen LogP contribution in [0.5, 0.6) is 5.88 Å². The molecule has 1 aliphatic carbocycles. The highest BCUT2D eigenvalue weighted by Crippen LogP contribution is 2.30. The lowest BCUT2D eigenvalue weighted by Crippen LogP contribution is -2.45. The van der Waals surface area contributed by atoms with Gasteiger partial charge in [0.05, 0.1) is 6.54 Å². The van der Waals surface area contributed by atoms with Crippen LogP contribution in [0.2, 0.25) is 0 Å². The summed E-state index contributed by atoms with van der Waals surface area (Å²) in [6.07, 6.45) is 4.14. The zero-order valence-electron chi connectivity index (χ0n) is 15.8. The van der Waals surface area contributed by atoms with E-state index in [1.54, 1.807) is 13.0 Å². The number of hydrogen-bond acceptors (Lipinski definition) is 4. The zero-order chi connectivity index (χ0) is 20.3. The Morgan fingerprint density at radius 1 is 1.21 bits per heavy atom. The molecule has 0 radical (unpaired) electrons. The van der Waals surface area contributed by atoms with Crippen LogP contribution >= 0.6 is 0 Å². The third-order valence-electron chi connectivity index (χ3n) is 5.14. The van der Waals surface area contributed by atoms with Crippen molar-refractivity contribution in [3.8, 4) is 5.88 Å². The largest absolute Gasteiger partial charge is 0.494 e. The van der Waals surface area contributed by atoms with E-state index in [2.05, 4.69) is 5.32 Å². The lowest BCUT2D eigenvalue weighted by Gasteiger charge is -2.26. The topological polar surface area (TPSA) is 93.3 Å². The molecule has 0 atom stereocenters. The van der Waals surface area contributed by atoms with Crippen molar-refractivity contribution >= 4 is 5.91 Å². The number of rotatable bonds is 5. The molecule has 1 heterocycles. The van der Waals surface area contributed by atoms with Gasteiger partial charge in [0.2, 0.25) is 5.88 Å². The normalized spacial score (nSPS) is 14.8. The summed E-state index contributed by atoms with van der Waals surface area (Å²) in [5, 5.41) is 13.2. The van der Waals surface area contributed by atoms with Crippen molar-refractivity contribution in [1.29, 1.82) is 0 Å².